The van der Waals surface area contributed by atoms with Gasteiger partial charge in [0.25, 0.3) is 0 Å². The van der Waals surface area contributed by atoms with Crippen LogP contribution in [0.4, 0.5) is 17.6 Å². The first kappa shape index (κ1) is 13.8. The molecule has 0 amide bonds. The number of hydrogen-bond donors (Lipinski definition) is 0. The fourth-order valence-corrected chi connectivity index (χ4v) is 1.74. The summed E-state index contributed by atoms with van der Waals surface area (Å²) in [6.07, 6.45) is -3.98. The van der Waals surface area contributed by atoms with E-state index in [2.05, 4.69) is 4.98 Å². The van der Waals surface area contributed by atoms with Gasteiger partial charge >= 0.3 is 6.18 Å². The Morgan fingerprint density at radius 3 is 2.21 bits per heavy atom. The Balaban J connectivity index is 2.40. The number of alkyl halides is 4. The van der Waals surface area contributed by atoms with Gasteiger partial charge in [0.2, 0.25) is 0 Å². The van der Waals surface area contributed by atoms with Crippen molar-refractivity contribution in [2.45, 2.75) is 12.1 Å². The van der Waals surface area contributed by atoms with Crippen LogP contribution in [0.2, 0.25) is 0 Å². The van der Waals surface area contributed by atoms with Gasteiger partial charge in [-0.3, -0.25) is 4.98 Å². The number of benzene rings is 1. The molecule has 0 unspecified atom stereocenters. The summed E-state index contributed by atoms with van der Waals surface area (Å²) in [5.74, 6) is -0.697. The maximum atomic E-state index is 13.7. The zero-order chi connectivity index (χ0) is 14.0. The summed E-state index contributed by atoms with van der Waals surface area (Å²) in [5.41, 5.74) is 0.0121. The molecule has 0 aliphatic rings. The first-order chi connectivity index (χ1) is 8.91. The van der Waals surface area contributed by atoms with Crippen LogP contribution in [0, 0.1) is 5.82 Å². The number of pyridine rings is 1. The maximum Gasteiger partial charge on any atom is 0.417 e. The Labute approximate surface area is 111 Å². The number of aromatic nitrogens is 1. The van der Waals surface area contributed by atoms with E-state index >= 15 is 0 Å². The van der Waals surface area contributed by atoms with E-state index in [-0.39, 0.29) is 5.69 Å². The van der Waals surface area contributed by atoms with Crippen LogP contribution in [0.15, 0.2) is 36.5 Å². The zero-order valence-corrected chi connectivity index (χ0v) is 10.3. The molecule has 100 valence electrons. The molecular weight excluding hydrogens is 282 g/mol. The van der Waals surface area contributed by atoms with Crippen molar-refractivity contribution >= 4 is 11.6 Å². The lowest BCUT2D eigenvalue weighted by molar-refractivity contribution is -0.138. The molecule has 0 saturated heterocycles. The van der Waals surface area contributed by atoms with Gasteiger partial charge in [0.1, 0.15) is 11.5 Å². The first-order valence-electron chi connectivity index (χ1n) is 5.30. The van der Waals surface area contributed by atoms with Crippen LogP contribution in [0.25, 0.3) is 11.3 Å². The van der Waals surface area contributed by atoms with E-state index in [1.807, 2.05) is 0 Å². The van der Waals surface area contributed by atoms with E-state index in [4.69, 9.17) is 11.6 Å². The van der Waals surface area contributed by atoms with Gasteiger partial charge < -0.3 is 0 Å². The summed E-state index contributed by atoms with van der Waals surface area (Å²) in [7, 11) is 0. The van der Waals surface area contributed by atoms with Crippen molar-refractivity contribution in [3.05, 3.63) is 53.5 Å². The molecule has 0 aliphatic carbocycles. The van der Waals surface area contributed by atoms with Crippen LogP contribution in [0.3, 0.4) is 0 Å². The van der Waals surface area contributed by atoms with Crippen LogP contribution in [0.5, 0.6) is 0 Å². The summed E-state index contributed by atoms with van der Waals surface area (Å²) in [5, 5.41) is 0. The van der Waals surface area contributed by atoms with Crippen molar-refractivity contribution in [3.63, 3.8) is 0 Å². The molecule has 1 aromatic carbocycles. The highest BCUT2D eigenvalue weighted by atomic mass is 35.5. The molecule has 0 saturated carbocycles. The average molecular weight is 290 g/mol. The third-order valence-corrected chi connectivity index (χ3v) is 2.86. The lowest BCUT2D eigenvalue weighted by Crippen LogP contribution is -2.06. The van der Waals surface area contributed by atoms with Crippen molar-refractivity contribution in [3.8, 4) is 11.3 Å². The summed E-state index contributed by atoms with van der Waals surface area (Å²) in [6.45, 7) is 0. The average Bonchev–Trinajstić information content (AvgIpc) is 2.38. The van der Waals surface area contributed by atoms with Crippen LogP contribution in [0.1, 0.15) is 11.1 Å². The van der Waals surface area contributed by atoms with E-state index in [0.717, 1.165) is 5.56 Å². The van der Waals surface area contributed by atoms with E-state index in [1.54, 1.807) is 24.3 Å². The lowest BCUT2D eigenvalue weighted by Gasteiger charge is -2.08. The zero-order valence-electron chi connectivity index (χ0n) is 9.51. The summed E-state index contributed by atoms with van der Waals surface area (Å²) in [4.78, 5) is 3.54. The Bertz CT molecular complexity index is 578. The largest absolute Gasteiger partial charge is 0.417 e. The molecule has 1 nitrogen and oxygen atoms in total. The van der Waals surface area contributed by atoms with E-state index in [0.29, 0.717) is 23.7 Å². The summed E-state index contributed by atoms with van der Waals surface area (Å²) in [6, 6.07) is 6.91. The quantitative estimate of drug-likeness (QED) is 0.579. The summed E-state index contributed by atoms with van der Waals surface area (Å²) >= 11 is 5.61. The fourth-order valence-electron chi connectivity index (χ4n) is 1.56. The summed E-state index contributed by atoms with van der Waals surface area (Å²) < 4.78 is 50.8. The fraction of sp³-hybridized carbons (Fsp3) is 0.154. The van der Waals surface area contributed by atoms with Gasteiger partial charge in [-0.15, -0.1) is 11.6 Å². The monoisotopic (exact) mass is 289 g/mol. The SMILES string of the molecule is Fc1cc(C(F)(F)F)cnc1-c1ccc(CCl)cc1. The molecule has 0 atom stereocenters. The van der Waals surface area contributed by atoms with E-state index in [9.17, 15) is 17.6 Å². The smallest absolute Gasteiger partial charge is 0.253 e. The van der Waals surface area contributed by atoms with Crippen molar-refractivity contribution in [1.29, 1.82) is 0 Å². The van der Waals surface area contributed by atoms with Gasteiger partial charge in [0.05, 0.1) is 5.56 Å². The van der Waals surface area contributed by atoms with Crippen molar-refractivity contribution in [1.82, 2.24) is 4.98 Å². The van der Waals surface area contributed by atoms with Gasteiger partial charge in [-0.05, 0) is 11.6 Å². The number of nitrogens with zero attached hydrogens (tertiary/aromatic N) is 1. The minimum Gasteiger partial charge on any atom is -0.253 e. The molecule has 2 aromatic rings. The third kappa shape index (κ3) is 3.04. The van der Waals surface area contributed by atoms with Gasteiger partial charge in [-0.2, -0.15) is 13.2 Å². The molecule has 0 fully saturated rings. The van der Waals surface area contributed by atoms with Crippen LogP contribution in [-0.4, -0.2) is 4.98 Å². The third-order valence-electron chi connectivity index (χ3n) is 2.55. The van der Waals surface area contributed by atoms with Crippen molar-refractivity contribution < 1.29 is 17.6 Å². The first-order valence-corrected chi connectivity index (χ1v) is 5.83. The molecule has 0 aliphatic heterocycles. The van der Waals surface area contributed by atoms with Crippen LogP contribution in [-0.2, 0) is 12.1 Å². The molecule has 0 N–H and O–H groups in total. The number of rotatable bonds is 2. The van der Waals surface area contributed by atoms with Gasteiger partial charge in [0.15, 0.2) is 0 Å². The highest BCUT2D eigenvalue weighted by Crippen LogP contribution is 2.31. The van der Waals surface area contributed by atoms with Crippen LogP contribution < -0.4 is 0 Å². The molecule has 1 aromatic heterocycles. The standard InChI is InChI=1S/C13H8ClF4N/c14-6-8-1-3-9(4-2-8)12-11(15)5-10(7-19-12)13(16,17)18/h1-5,7H,6H2. The molecule has 0 radical (unpaired) electrons. The Hall–Kier alpha value is -1.62. The Morgan fingerprint density at radius 1 is 1.11 bits per heavy atom. The second-order valence-corrected chi connectivity index (χ2v) is 4.15. The predicted molar refractivity (Wildman–Crippen MR) is 64.2 cm³/mol. The minimum atomic E-state index is -4.60. The Morgan fingerprint density at radius 2 is 1.74 bits per heavy atom. The maximum absolute atomic E-state index is 13.7. The molecule has 1 heterocycles. The van der Waals surface area contributed by atoms with E-state index < -0.39 is 17.6 Å². The van der Waals surface area contributed by atoms with Gasteiger partial charge in [-0.25, -0.2) is 4.39 Å². The molecule has 6 heteroatoms. The van der Waals surface area contributed by atoms with Gasteiger partial charge in [-0.1, -0.05) is 24.3 Å². The molecular formula is C13H8ClF4N. The minimum absolute atomic E-state index is 0.117. The van der Waals surface area contributed by atoms with Crippen LogP contribution >= 0.6 is 11.6 Å². The second kappa shape index (κ2) is 5.17. The molecule has 0 spiro atoms. The molecule has 2 rings (SSSR count). The van der Waals surface area contributed by atoms with Crippen molar-refractivity contribution in [2.75, 3.05) is 0 Å². The molecule has 19 heavy (non-hydrogen) atoms. The van der Waals surface area contributed by atoms with E-state index in [1.165, 1.54) is 0 Å². The highest BCUT2D eigenvalue weighted by molar-refractivity contribution is 6.17. The number of halogens is 5. The number of hydrogen-bond acceptors (Lipinski definition) is 1. The van der Waals surface area contributed by atoms with Gasteiger partial charge in [0, 0.05) is 17.6 Å². The predicted octanol–water partition coefficient (Wildman–Crippen LogP) is 4.65. The Kier molecular flexibility index (Phi) is 3.75. The highest BCUT2D eigenvalue weighted by Gasteiger charge is 2.31. The second-order valence-electron chi connectivity index (χ2n) is 3.88. The normalized spacial score (nSPS) is 11.6. The topological polar surface area (TPSA) is 12.9 Å². The lowest BCUT2D eigenvalue weighted by atomic mass is 10.1. The molecule has 0 bridgehead atoms. The van der Waals surface area contributed by atoms with Crippen molar-refractivity contribution in [2.24, 2.45) is 0 Å².